The van der Waals surface area contributed by atoms with Crippen LogP contribution in [0.15, 0.2) is 18.7 Å². The lowest BCUT2D eigenvalue weighted by Gasteiger charge is -2.09. The first-order valence-electron chi connectivity index (χ1n) is 5.40. The molecule has 0 atom stereocenters. The van der Waals surface area contributed by atoms with Gasteiger partial charge in [0.25, 0.3) is 0 Å². The molecule has 14 heavy (non-hydrogen) atoms. The van der Waals surface area contributed by atoms with Gasteiger partial charge in [0.2, 0.25) is 0 Å². The topological polar surface area (TPSA) is 37.8 Å². The lowest BCUT2D eigenvalue weighted by molar-refractivity contribution is 0.489. The molecule has 0 amide bonds. The Bertz CT molecular complexity index is 254. The van der Waals surface area contributed by atoms with Crippen molar-refractivity contribution in [1.82, 2.24) is 15.3 Å². The van der Waals surface area contributed by atoms with Crippen LogP contribution in [0.25, 0.3) is 0 Å². The van der Waals surface area contributed by atoms with Crippen molar-refractivity contribution in [3.63, 3.8) is 0 Å². The highest BCUT2D eigenvalue weighted by molar-refractivity contribution is 5.01. The zero-order valence-corrected chi connectivity index (χ0v) is 8.45. The molecule has 1 heterocycles. The molecule has 1 aliphatic carbocycles. The third-order valence-electron chi connectivity index (χ3n) is 2.85. The summed E-state index contributed by atoms with van der Waals surface area (Å²) in [6, 6.07) is 0. The molecule has 3 heteroatoms. The molecule has 1 aromatic heterocycles. The standard InChI is InChI=1S/C11H17N3/c1-2-4-10(3-1)5-12-6-11-7-13-9-14-8-11/h7-10,12H,1-6H2. The maximum atomic E-state index is 3.98. The maximum absolute atomic E-state index is 3.98. The molecule has 76 valence electrons. The number of nitrogens with zero attached hydrogens (tertiary/aromatic N) is 2. The Morgan fingerprint density at radius 1 is 1.21 bits per heavy atom. The molecule has 1 saturated carbocycles. The van der Waals surface area contributed by atoms with Gasteiger partial charge in [0.1, 0.15) is 6.33 Å². The van der Waals surface area contributed by atoms with Crippen LogP contribution in [-0.2, 0) is 6.54 Å². The molecule has 2 rings (SSSR count). The Hall–Kier alpha value is -0.960. The summed E-state index contributed by atoms with van der Waals surface area (Å²) >= 11 is 0. The quantitative estimate of drug-likeness (QED) is 0.788. The van der Waals surface area contributed by atoms with E-state index < -0.39 is 0 Å². The first-order valence-corrected chi connectivity index (χ1v) is 5.40. The smallest absolute Gasteiger partial charge is 0.115 e. The number of nitrogens with one attached hydrogen (secondary N) is 1. The van der Waals surface area contributed by atoms with Crippen molar-refractivity contribution in [3.05, 3.63) is 24.3 Å². The highest BCUT2D eigenvalue weighted by Crippen LogP contribution is 2.23. The molecule has 1 fully saturated rings. The van der Waals surface area contributed by atoms with Crippen LogP contribution in [0.1, 0.15) is 31.2 Å². The Kier molecular flexibility index (Phi) is 3.46. The SMILES string of the molecule is c1ncc(CNCC2CCCC2)cn1. The van der Waals surface area contributed by atoms with E-state index in [4.69, 9.17) is 0 Å². The van der Waals surface area contributed by atoms with Gasteiger partial charge in [0.15, 0.2) is 0 Å². The fraction of sp³-hybridized carbons (Fsp3) is 0.636. The largest absolute Gasteiger partial charge is 0.312 e. The second-order valence-electron chi connectivity index (χ2n) is 4.03. The Labute approximate surface area is 85.0 Å². The summed E-state index contributed by atoms with van der Waals surface area (Å²) in [5.74, 6) is 0.902. The zero-order valence-electron chi connectivity index (χ0n) is 8.45. The summed E-state index contributed by atoms with van der Waals surface area (Å²) in [6.07, 6.45) is 10.9. The van der Waals surface area contributed by atoms with Gasteiger partial charge in [0, 0.05) is 24.5 Å². The minimum atomic E-state index is 0.900. The lowest BCUT2D eigenvalue weighted by atomic mass is 10.1. The normalized spacial score (nSPS) is 17.4. The molecule has 0 aromatic carbocycles. The minimum absolute atomic E-state index is 0.900. The van der Waals surface area contributed by atoms with Gasteiger partial charge in [0.05, 0.1) is 0 Å². The first kappa shape index (κ1) is 9.59. The molecule has 0 saturated heterocycles. The molecule has 0 aliphatic heterocycles. The first-order chi connectivity index (χ1) is 6.95. The molecule has 1 N–H and O–H groups in total. The second-order valence-corrected chi connectivity index (χ2v) is 4.03. The monoisotopic (exact) mass is 191 g/mol. The molecular formula is C11H17N3. The van der Waals surface area contributed by atoms with Crippen LogP contribution in [-0.4, -0.2) is 16.5 Å². The highest BCUT2D eigenvalue weighted by Gasteiger charge is 2.13. The van der Waals surface area contributed by atoms with Gasteiger partial charge in [-0.3, -0.25) is 0 Å². The molecule has 3 nitrogen and oxygen atoms in total. The van der Waals surface area contributed by atoms with E-state index in [1.807, 2.05) is 12.4 Å². The van der Waals surface area contributed by atoms with Crippen LogP contribution in [0.5, 0.6) is 0 Å². The third kappa shape index (κ3) is 2.77. The summed E-state index contributed by atoms with van der Waals surface area (Å²) in [6.45, 7) is 2.05. The number of hydrogen-bond acceptors (Lipinski definition) is 3. The number of aromatic nitrogens is 2. The Morgan fingerprint density at radius 3 is 2.64 bits per heavy atom. The van der Waals surface area contributed by atoms with Gasteiger partial charge in [-0.1, -0.05) is 12.8 Å². The van der Waals surface area contributed by atoms with E-state index in [-0.39, 0.29) is 0 Å². The van der Waals surface area contributed by atoms with Crippen LogP contribution < -0.4 is 5.32 Å². The molecule has 0 unspecified atom stereocenters. The maximum Gasteiger partial charge on any atom is 0.115 e. The summed E-state index contributed by atoms with van der Waals surface area (Å²) in [5, 5.41) is 3.46. The predicted molar refractivity (Wildman–Crippen MR) is 55.7 cm³/mol. The molecule has 0 spiro atoms. The van der Waals surface area contributed by atoms with Crippen LogP contribution >= 0.6 is 0 Å². The Balaban J connectivity index is 1.67. The van der Waals surface area contributed by atoms with Crippen molar-refractivity contribution in [2.45, 2.75) is 32.2 Å². The van der Waals surface area contributed by atoms with Gasteiger partial charge in [-0.25, -0.2) is 9.97 Å². The van der Waals surface area contributed by atoms with Crippen molar-refractivity contribution >= 4 is 0 Å². The van der Waals surface area contributed by atoms with Crippen molar-refractivity contribution in [1.29, 1.82) is 0 Å². The number of rotatable bonds is 4. The van der Waals surface area contributed by atoms with Gasteiger partial charge in [-0.15, -0.1) is 0 Å². The van der Waals surface area contributed by atoms with Crippen molar-refractivity contribution in [2.24, 2.45) is 5.92 Å². The lowest BCUT2D eigenvalue weighted by Crippen LogP contribution is -2.20. The highest BCUT2D eigenvalue weighted by atomic mass is 14.9. The fourth-order valence-electron chi connectivity index (χ4n) is 2.06. The van der Waals surface area contributed by atoms with E-state index in [0.717, 1.165) is 19.0 Å². The zero-order chi connectivity index (χ0) is 9.64. The molecule has 0 bridgehead atoms. The van der Waals surface area contributed by atoms with E-state index >= 15 is 0 Å². The van der Waals surface area contributed by atoms with Crippen LogP contribution in [0, 0.1) is 5.92 Å². The van der Waals surface area contributed by atoms with Gasteiger partial charge in [-0.2, -0.15) is 0 Å². The van der Waals surface area contributed by atoms with Gasteiger partial charge < -0.3 is 5.32 Å². The summed E-state index contributed by atoms with van der Waals surface area (Å²) in [7, 11) is 0. The van der Waals surface area contributed by atoms with E-state index in [0.29, 0.717) is 0 Å². The van der Waals surface area contributed by atoms with E-state index in [2.05, 4.69) is 15.3 Å². The predicted octanol–water partition coefficient (Wildman–Crippen LogP) is 1.76. The molecule has 1 aromatic rings. The van der Waals surface area contributed by atoms with Crippen LogP contribution in [0.4, 0.5) is 0 Å². The Morgan fingerprint density at radius 2 is 1.93 bits per heavy atom. The van der Waals surface area contributed by atoms with Crippen molar-refractivity contribution < 1.29 is 0 Å². The van der Waals surface area contributed by atoms with E-state index in [1.165, 1.54) is 31.2 Å². The molecular weight excluding hydrogens is 174 g/mol. The van der Waals surface area contributed by atoms with E-state index in [1.54, 1.807) is 6.33 Å². The summed E-state index contributed by atoms with van der Waals surface area (Å²) in [5.41, 5.74) is 1.17. The third-order valence-corrected chi connectivity index (χ3v) is 2.85. The average molecular weight is 191 g/mol. The van der Waals surface area contributed by atoms with Crippen molar-refractivity contribution in [3.8, 4) is 0 Å². The second kappa shape index (κ2) is 5.05. The summed E-state index contributed by atoms with van der Waals surface area (Å²) in [4.78, 5) is 7.97. The minimum Gasteiger partial charge on any atom is -0.312 e. The number of hydrogen-bond donors (Lipinski definition) is 1. The van der Waals surface area contributed by atoms with Crippen LogP contribution in [0.3, 0.4) is 0 Å². The fourth-order valence-corrected chi connectivity index (χ4v) is 2.06. The molecule has 0 radical (unpaired) electrons. The molecule has 1 aliphatic rings. The van der Waals surface area contributed by atoms with E-state index in [9.17, 15) is 0 Å². The van der Waals surface area contributed by atoms with Gasteiger partial charge in [-0.05, 0) is 25.3 Å². The van der Waals surface area contributed by atoms with Crippen molar-refractivity contribution in [2.75, 3.05) is 6.54 Å². The van der Waals surface area contributed by atoms with Crippen LogP contribution in [0.2, 0.25) is 0 Å². The average Bonchev–Trinajstić information content (AvgIpc) is 2.72. The summed E-state index contributed by atoms with van der Waals surface area (Å²) < 4.78 is 0. The van der Waals surface area contributed by atoms with Gasteiger partial charge >= 0.3 is 0 Å².